The second kappa shape index (κ2) is 5.74. The van der Waals surface area contributed by atoms with Crippen LogP contribution >= 0.6 is 0 Å². The molecule has 0 aliphatic carbocycles. The van der Waals surface area contributed by atoms with Crippen LogP contribution in [0.25, 0.3) is 11.8 Å². The Morgan fingerprint density at radius 2 is 2.10 bits per heavy atom. The molecule has 0 aliphatic rings. The molecule has 0 saturated heterocycles. The van der Waals surface area contributed by atoms with E-state index in [-0.39, 0.29) is 11.4 Å². The second-order valence-electron chi connectivity index (χ2n) is 3.63. The number of methoxy groups -OCH3 is 1. The molecule has 0 bridgehead atoms. The van der Waals surface area contributed by atoms with Gasteiger partial charge in [-0.25, -0.2) is 9.59 Å². The first-order valence-electron chi connectivity index (χ1n) is 5.50. The monoisotopic (exact) mass is 274 g/mol. The molecule has 20 heavy (non-hydrogen) atoms. The summed E-state index contributed by atoms with van der Waals surface area (Å²) >= 11 is 0. The fourth-order valence-electron chi connectivity index (χ4n) is 1.56. The number of carboxylic acid groups (broad SMARTS) is 1. The molecule has 8 nitrogen and oxygen atoms in total. The Kier molecular flexibility index (Phi) is 3.85. The van der Waals surface area contributed by atoms with E-state index < -0.39 is 11.9 Å². The normalized spacial score (nSPS) is 10.7. The molecule has 102 valence electrons. The molecule has 0 amide bonds. The minimum Gasteiger partial charge on any atom is -0.478 e. The molecule has 8 heteroatoms. The van der Waals surface area contributed by atoms with Gasteiger partial charge in [0.25, 0.3) is 0 Å². The Morgan fingerprint density at radius 3 is 2.80 bits per heavy atom. The lowest BCUT2D eigenvalue weighted by atomic mass is 10.2. The summed E-state index contributed by atoms with van der Waals surface area (Å²) in [7, 11) is 1.27. The van der Waals surface area contributed by atoms with Crippen molar-refractivity contribution in [1.82, 2.24) is 20.2 Å². The van der Waals surface area contributed by atoms with Crippen LogP contribution in [0.1, 0.15) is 16.2 Å². The maximum absolute atomic E-state index is 11.7. The van der Waals surface area contributed by atoms with Crippen molar-refractivity contribution in [3.63, 3.8) is 0 Å². The Hall–Kier alpha value is -3.03. The number of carbonyl (C=O) groups is 2. The predicted octanol–water partition coefficient (Wildman–Crippen LogP) is 0.547. The quantitative estimate of drug-likeness (QED) is 0.640. The van der Waals surface area contributed by atoms with Crippen LogP contribution in [0, 0.1) is 0 Å². The van der Waals surface area contributed by atoms with Crippen LogP contribution in [-0.4, -0.2) is 44.4 Å². The van der Waals surface area contributed by atoms with Crippen LogP contribution in [-0.2, 0) is 9.53 Å². The molecule has 2 aromatic rings. The van der Waals surface area contributed by atoms with Gasteiger partial charge in [0.05, 0.1) is 18.4 Å². The van der Waals surface area contributed by atoms with E-state index in [1.54, 1.807) is 24.3 Å². The van der Waals surface area contributed by atoms with Crippen molar-refractivity contribution in [1.29, 1.82) is 0 Å². The molecule has 0 unspecified atom stereocenters. The zero-order valence-electron chi connectivity index (χ0n) is 10.4. The van der Waals surface area contributed by atoms with Crippen LogP contribution in [0.4, 0.5) is 0 Å². The summed E-state index contributed by atoms with van der Waals surface area (Å²) in [4.78, 5) is 22.2. The molecule has 1 aromatic carbocycles. The molecule has 1 N–H and O–H groups in total. The number of ether oxygens (including phenoxy) is 1. The molecule has 0 aliphatic heterocycles. The molecule has 0 fully saturated rings. The van der Waals surface area contributed by atoms with Gasteiger partial charge < -0.3 is 9.84 Å². The summed E-state index contributed by atoms with van der Waals surface area (Å²) in [5.74, 6) is -1.48. The van der Waals surface area contributed by atoms with E-state index in [0.29, 0.717) is 5.69 Å². The number of carbonyl (C=O) groups excluding carboxylic acids is 1. The lowest BCUT2D eigenvalue weighted by Gasteiger charge is -2.07. The Morgan fingerprint density at radius 1 is 1.35 bits per heavy atom. The van der Waals surface area contributed by atoms with E-state index in [0.717, 1.165) is 6.08 Å². The summed E-state index contributed by atoms with van der Waals surface area (Å²) < 4.78 is 5.94. The van der Waals surface area contributed by atoms with E-state index in [1.807, 2.05) is 0 Å². The average Bonchev–Trinajstić information content (AvgIpc) is 2.92. The number of hydrogen-bond donors (Lipinski definition) is 1. The van der Waals surface area contributed by atoms with Gasteiger partial charge in [-0.3, -0.25) is 0 Å². The third-order valence-electron chi connectivity index (χ3n) is 2.41. The Balaban J connectivity index is 2.50. The highest BCUT2D eigenvalue weighted by atomic mass is 16.5. The van der Waals surface area contributed by atoms with E-state index in [2.05, 4.69) is 20.3 Å². The first kappa shape index (κ1) is 13.4. The Bertz CT molecular complexity index is 678. The van der Waals surface area contributed by atoms with Gasteiger partial charge in [-0.05, 0) is 28.6 Å². The minimum absolute atomic E-state index is 0.184. The van der Waals surface area contributed by atoms with Crippen LogP contribution in [0.2, 0.25) is 0 Å². The van der Waals surface area contributed by atoms with Crippen LogP contribution < -0.4 is 0 Å². The van der Waals surface area contributed by atoms with E-state index in [9.17, 15) is 9.59 Å². The summed E-state index contributed by atoms with van der Waals surface area (Å²) in [6, 6.07) is 6.56. The maximum atomic E-state index is 11.7. The number of esters is 1. The van der Waals surface area contributed by atoms with Crippen LogP contribution in [0.5, 0.6) is 0 Å². The van der Waals surface area contributed by atoms with Gasteiger partial charge in [-0.1, -0.05) is 12.1 Å². The van der Waals surface area contributed by atoms with Crippen molar-refractivity contribution in [2.75, 3.05) is 7.11 Å². The minimum atomic E-state index is -1.12. The molecule has 1 heterocycles. The Labute approximate surface area is 113 Å². The van der Waals surface area contributed by atoms with Crippen molar-refractivity contribution in [3.05, 3.63) is 41.7 Å². The van der Waals surface area contributed by atoms with Crippen LogP contribution in [0.3, 0.4) is 0 Å². The molecule has 2 rings (SSSR count). The number of tetrazole rings is 1. The molecule has 0 spiro atoms. The van der Waals surface area contributed by atoms with Gasteiger partial charge in [-0.15, -0.1) is 5.10 Å². The number of benzene rings is 1. The van der Waals surface area contributed by atoms with Gasteiger partial charge in [0, 0.05) is 6.08 Å². The van der Waals surface area contributed by atoms with Gasteiger partial charge in [0.15, 0.2) is 5.82 Å². The largest absolute Gasteiger partial charge is 0.478 e. The van der Waals surface area contributed by atoms with Crippen molar-refractivity contribution in [2.24, 2.45) is 0 Å². The van der Waals surface area contributed by atoms with Gasteiger partial charge in [-0.2, -0.15) is 4.68 Å². The third kappa shape index (κ3) is 2.69. The number of aliphatic carboxylic acids is 1. The molecule has 1 aromatic heterocycles. The zero-order chi connectivity index (χ0) is 14.5. The second-order valence-corrected chi connectivity index (χ2v) is 3.63. The highest BCUT2D eigenvalue weighted by Gasteiger charge is 2.15. The molecule has 0 radical (unpaired) electrons. The lowest BCUT2D eigenvalue weighted by Crippen LogP contribution is -2.10. The maximum Gasteiger partial charge on any atom is 0.340 e. The first-order valence-corrected chi connectivity index (χ1v) is 5.50. The van der Waals surface area contributed by atoms with E-state index in [1.165, 1.54) is 17.9 Å². The fourth-order valence-corrected chi connectivity index (χ4v) is 1.56. The van der Waals surface area contributed by atoms with Crippen LogP contribution in [0.15, 0.2) is 30.3 Å². The number of para-hydroxylation sites is 1. The molecular weight excluding hydrogens is 264 g/mol. The SMILES string of the molecule is COC(=O)c1ccccc1-n1nnnc1/C=C/C(=O)O. The third-order valence-corrected chi connectivity index (χ3v) is 2.41. The number of rotatable bonds is 4. The summed E-state index contributed by atoms with van der Waals surface area (Å²) in [6.07, 6.45) is 2.14. The summed E-state index contributed by atoms with van der Waals surface area (Å²) in [5, 5.41) is 19.5. The summed E-state index contributed by atoms with van der Waals surface area (Å²) in [5.41, 5.74) is 0.668. The van der Waals surface area contributed by atoms with Gasteiger partial charge in [0.2, 0.25) is 0 Å². The van der Waals surface area contributed by atoms with Gasteiger partial charge >= 0.3 is 11.9 Å². The highest BCUT2D eigenvalue weighted by molar-refractivity contribution is 5.93. The number of aromatic nitrogens is 4. The number of nitrogens with zero attached hydrogens (tertiary/aromatic N) is 4. The zero-order valence-corrected chi connectivity index (χ0v) is 10.4. The predicted molar refractivity (Wildman–Crippen MR) is 67.2 cm³/mol. The molecule has 0 saturated carbocycles. The lowest BCUT2D eigenvalue weighted by molar-refractivity contribution is -0.131. The topological polar surface area (TPSA) is 107 Å². The first-order chi connectivity index (χ1) is 9.63. The summed E-state index contributed by atoms with van der Waals surface area (Å²) in [6.45, 7) is 0. The molecule has 0 atom stereocenters. The van der Waals surface area contributed by atoms with Crippen molar-refractivity contribution in [2.45, 2.75) is 0 Å². The van der Waals surface area contributed by atoms with Crippen molar-refractivity contribution < 1.29 is 19.4 Å². The fraction of sp³-hybridized carbons (Fsp3) is 0.0833. The smallest absolute Gasteiger partial charge is 0.340 e. The van der Waals surface area contributed by atoms with Gasteiger partial charge in [0.1, 0.15) is 0 Å². The average molecular weight is 274 g/mol. The standard InChI is InChI=1S/C12H10N4O4/c1-20-12(19)8-4-2-3-5-9(8)16-10(13-14-15-16)6-7-11(17)18/h2-7H,1H3,(H,17,18)/b7-6+. The number of carboxylic acids is 1. The highest BCUT2D eigenvalue weighted by Crippen LogP contribution is 2.16. The van der Waals surface area contributed by atoms with E-state index in [4.69, 9.17) is 5.11 Å². The van der Waals surface area contributed by atoms with E-state index >= 15 is 0 Å². The van der Waals surface area contributed by atoms with Crippen molar-refractivity contribution >= 4 is 18.0 Å². The van der Waals surface area contributed by atoms with Crippen molar-refractivity contribution in [3.8, 4) is 5.69 Å². The number of hydrogen-bond acceptors (Lipinski definition) is 6. The molecular formula is C12H10N4O4.